The van der Waals surface area contributed by atoms with E-state index in [1.165, 1.54) is 0 Å². The van der Waals surface area contributed by atoms with Crippen LogP contribution in [0.4, 0.5) is 5.82 Å². The lowest BCUT2D eigenvalue weighted by molar-refractivity contribution is 0.0519. The topological polar surface area (TPSA) is 80.0 Å². The van der Waals surface area contributed by atoms with E-state index in [9.17, 15) is 9.90 Å². The second kappa shape index (κ2) is 6.76. The van der Waals surface area contributed by atoms with Gasteiger partial charge in [-0.05, 0) is 13.3 Å². The standard InChI is InChI=1S/C19H20N4O3/c1-2-26-19(25)16-10-17-20-15(13-6-4-3-5-7-13)11-18(23(17)21-16)22-9-8-14(24)12-22/h3-7,10-11,14,24H,2,8-9,12H2,1H3. The van der Waals surface area contributed by atoms with Gasteiger partial charge in [-0.2, -0.15) is 9.61 Å². The number of aliphatic hydroxyl groups is 1. The van der Waals surface area contributed by atoms with Gasteiger partial charge in [-0.3, -0.25) is 0 Å². The number of fused-ring (bicyclic) bond motifs is 1. The lowest BCUT2D eigenvalue weighted by Gasteiger charge is -2.19. The minimum Gasteiger partial charge on any atom is -0.461 e. The van der Waals surface area contributed by atoms with E-state index < -0.39 is 5.97 Å². The summed E-state index contributed by atoms with van der Waals surface area (Å²) in [4.78, 5) is 18.8. The minimum atomic E-state index is -0.466. The maximum atomic E-state index is 12.1. The van der Waals surface area contributed by atoms with Crippen molar-refractivity contribution >= 4 is 17.4 Å². The predicted molar refractivity (Wildman–Crippen MR) is 97.2 cm³/mol. The summed E-state index contributed by atoms with van der Waals surface area (Å²) in [5, 5.41) is 14.3. The summed E-state index contributed by atoms with van der Waals surface area (Å²) in [6, 6.07) is 13.4. The van der Waals surface area contributed by atoms with E-state index in [0.29, 0.717) is 25.2 Å². The maximum Gasteiger partial charge on any atom is 0.358 e. The first-order valence-corrected chi connectivity index (χ1v) is 8.72. The summed E-state index contributed by atoms with van der Waals surface area (Å²) < 4.78 is 6.71. The first-order valence-electron chi connectivity index (χ1n) is 8.72. The third-order valence-electron chi connectivity index (χ3n) is 4.45. The molecule has 1 N–H and O–H groups in total. The Kier molecular flexibility index (Phi) is 4.30. The summed E-state index contributed by atoms with van der Waals surface area (Å²) >= 11 is 0. The third-order valence-corrected chi connectivity index (χ3v) is 4.45. The van der Waals surface area contributed by atoms with Crippen LogP contribution in [-0.4, -0.2) is 51.5 Å². The highest BCUT2D eigenvalue weighted by atomic mass is 16.5. The second-order valence-corrected chi connectivity index (χ2v) is 6.27. The zero-order valence-corrected chi connectivity index (χ0v) is 14.5. The number of rotatable bonds is 4. The highest BCUT2D eigenvalue weighted by Gasteiger charge is 2.25. The first-order chi connectivity index (χ1) is 12.7. The highest BCUT2D eigenvalue weighted by molar-refractivity contribution is 5.88. The Morgan fingerprint density at radius 3 is 2.81 bits per heavy atom. The smallest absolute Gasteiger partial charge is 0.358 e. The lowest BCUT2D eigenvalue weighted by atomic mass is 10.1. The lowest BCUT2D eigenvalue weighted by Crippen LogP contribution is -2.24. The molecule has 4 rings (SSSR count). The third kappa shape index (κ3) is 3.01. The molecule has 1 fully saturated rings. The molecule has 0 radical (unpaired) electrons. The summed E-state index contributed by atoms with van der Waals surface area (Å²) in [6.45, 7) is 3.31. The summed E-state index contributed by atoms with van der Waals surface area (Å²) in [7, 11) is 0. The highest BCUT2D eigenvalue weighted by Crippen LogP contribution is 2.27. The van der Waals surface area contributed by atoms with E-state index in [1.54, 1.807) is 17.5 Å². The predicted octanol–water partition coefficient (Wildman–Crippen LogP) is 2.14. The molecule has 1 atom stereocenters. The maximum absolute atomic E-state index is 12.1. The Morgan fingerprint density at radius 2 is 2.12 bits per heavy atom. The van der Waals surface area contributed by atoms with Gasteiger partial charge in [-0.25, -0.2) is 9.78 Å². The Hall–Kier alpha value is -2.93. The van der Waals surface area contributed by atoms with Crippen LogP contribution in [0, 0.1) is 0 Å². The number of esters is 1. The SMILES string of the molecule is CCOC(=O)c1cc2nc(-c3ccccc3)cc(N3CCC(O)C3)n2n1. The number of carbonyl (C=O) groups is 1. The molecule has 7 nitrogen and oxygen atoms in total. The number of aromatic nitrogens is 3. The molecule has 3 heterocycles. The van der Waals surface area contributed by atoms with E-state index in [2.05, 4.69) is 15.0 Å². The Bertz CT molecular complexity index is 939. The van der Waals surface area contributed by atoms with Crippen LogP contribution in [0.5, 0.6) is 0 Å². The minimum absolute atomic E-state index is 0.227. The molecule has 134 valence electrons. The van der Waals surface area contributed by atoms with Crippen LogP contribution in [0.15, 0.2) is 42.5 Å². The molecule has 0 saturated carbocycles. The molecule has 1 aliphatic heterocycles. The van der Waals surface area contributed by atoms with Gasteiger partial charge in [0.1, 0.15) is 5.82 Å². The van der Waals surface area contributed by atoms with Gasteiger partial charge in [0.05, 0.1) is 18.4 Å². The van der Waals surface area contributed by atoms with Crippen LogP contribution in [0.2, 0.25) is 0 Å². The molecule has 0 aliphatic carbocycles. The molecule has 0 spiro atoms. The fourth-order valence-electron chi connectivity index (χ4n) is 3.20. The van der Waals surface area contributed by atoms with Crippen LogP contribution in [0.25, 0.3) is 16.9 Å². The Morgan fingerprint density at radius 1 is 1.31 bits per heavy atom. The van der Waals surface area contributed by atoms with Gasteiger partial charge in [-0.15, -0.1) is 0 Å². The average molecular weight is 352 g/mol. The molecule has 1 unspecified atom stereocenters. The molecule has 1 aliphatic rings. The molecule has 1 aromatic carbocycles. The zero-order chi connectivity index (χ0) is 18.1. The molecule has 2 aromatic heterocycles. The molecule has 7 heteroatoms. The van der Waals surface area contributed by atoms with E-state index in [1.807, 2.05) is 36.4 Å². The van der Waals surface area contributed by atoms with E-state index in [0.717, 1.165) is 23.6 Å². The summed E-state index contributed by atoms with van der Waals surface area (Å²) in [5.74, 6) is 0.340. The van der Waals surface area contributed by atoms with Gasteiger partial charge >= 0.3 is 5.97 Å². The number of ether oxygens (including phenoxy) is 1. The van der Waals surface area contributed by atoms with Gasteiger partial charge in [0.15, 0.2) is 11.3 Å². The van der Waals surface area contributed by atoms with Crippen LogP contribution < -0.4 is 4.90 Å². The summed E-state index contributed by atoms with van der Waals surface area (Å²) in [6.07, 6.45) is 0.342. The number of β-amino-alcohol motifs (C(OH)–C–C–N with tert-alkyl or cyclic N) is 1. The van der Waals surface area contributed by atoms with Gasteiger partial charge in [0.25, 0.3) is 0 Å². The van der Waals surface area contributed by atoms with Crippen LogP contribution in [-0.2, 0) is 4.74 Å². The van der Waals surface area contributed by atoms with Crippen molar-refractivity contribution in [2.45, 2.75) is 19.4 Å². The van der Waals surface area contributed by atoms with Gasteiger partial charge in [-0.1, -0.05) is 30.3 Å². The molecule has 1 saturated heterocycles. The normalized spacial score (nSPS) is 17.0. The fraction of sp³-hybridized carbons (Fsp3) is 0.316. The number of carbonyl (C=O) groups excluding carboxylic acids is 1. The van der Waals surface area contributed by atoms with Crippen LogP contribution in [0.1, 0.15) is 23.8 Å². The fourth-order valence-corrected chi connectivity index (χ4v) is 3.20. The van der Waals surface area contributed by atoms with E-state index in [4.69, 9.17) is 4.74 Å². The zero-order valence-electron chi connectivity index (χ0n) is 14.5. The van der Waals surface area contributed by atoms with Gasteiger partial charge in [0, 0.05) is 30.8 Å². The largest absolute Gasteiger partial charge is 0.461 e. The monoisotopic (exact) mass is 352 g/mol. The molecule has 26 heavy (non-hydrogen) atoms. The number of benzene rings is 1. The number of anilines is 1. The van der Waals surface area contributed by atoms with Gasteiger partial charge in [0.2, 0.25) is 0 Å². The average Bonchev–Trinajstić information content (AvgIpc) is 3.28. The second-order valence-electron chi connectivity index (χ2n) is 6.27. The first kappa shape index (κ1) is 16.5. The number of hydrogen-bond donors (Lipinski definition) is 1. The molecular weight excluding hydrogens is 332 g/mol. The summed E-state index contributed by atoms with van der Waals surface area (Å²) in [5.41, 5.74) is 2.58. The Labute approximate surface area is 150 Å². The number of hydrogen-bond acceptors (Lipinski definition) is 6. The van der Waals surface area contributed by atoms with Crippen molar-refractivity contribution in [1.82, 2.24) is 14.6 Å². The van der Waals surface area contributed by atoms with E-state index in [-0.39, 0.29) is 11.8 Å². The number of nitrogens with zero attached hydrogens (tertiary/aromatic N) is 4. The van der Waals surface area contributed by atoms with Crippen molar-refractivity contribution in [3.05, 3.63) is 48.2 Å². The van der Waals surface area contributed by atoms with Gasteiger partial charge < -0.3 is 14.7 Å². The Balaban J connectivity index is 1.86. The molecule has 0 amide bonds. The number of aliphatic hydroxyl groups excluding tert-OH is 1. The van der Waals surface area contributed by atoms with Crippen LogP contribution >= 0.6 is 0 Å². The molecule has 3 aromatic rings. The van der Waals surface area contributed by atoms with Crippen molar-refractivity contribution in [2.24, 2.45) is 0 Å². The van der Waals surface area contributed by atoms with Crippen molar-refractivity contribution in [2.75, 3.05) is 24.6 Å². The van der Waals surface area contributed by atoms with Crippen molar-refractivity contribution in [1.29, 1.82) is 0 Å². The van der Waals surface area contributed by atoms with Crippen molar-refractivity contribution in [3.8, 4) is 11.3 Å². The van der Waals surface area contributed by atoms with E-state index >= 15 is 0 Å². The molecule has 0 bridgehead atoms. The molecular formula is C19H20N4O3. The van der Waals surface area contributed by atoms with Crippen LogP contribution in [0.3, 0.4) is 0 Å². The van der Waals surface area contributed by atoms with Crippen molar-refractivity contribution < 1.29 is 14.6 Å². The quantitative estimate of drug-likeness (QED) is 0.725. The van der Waals surface area contributed by atoms with Crippen molar-refractivity contribution in [3.63, 3.8) is 0 Å².